The SMILES string of the molecule is CCOc1ccccc1[C@H](C(=O)NCc1ccccc1)N(C(=O)Cn1nnc2ccccc21)c1ccccc1F. The molecule has 202 valence electrons. The van der Waals surface area contributed by atoms with Crippen molar-refractivity contribution >= 4 is 28.5 Å². The molecular formula is C31H28FN5O3. The Balaban J connectivity index is 1.60. The quantitative estimate of drug-likeness (QED) is 0.269. The molecule has 40 heavy (non-hydrogen) atoms. The zero-order valence-electron chi connectivity index (χ0n) is 21.9. The van der Waals surface area contributed by atoms with E-state index in [1.165, 1.54) is 27.8 Å². The molecule has 1 N–H and O–H groups in total. The number of anilines is 1. The number of rotatable bonds is 10. The molecule has 0 spiro atoms. The van der Waals surface area contributed by atoms with Crippen molar-refractivity contribution in [3.05, 3.63) is 120 Å². The third kappa shape index (κ3) is 5.68. The van der Waals surface area contributed by atoms with Gasteiger partial charge in [-0.05, 0) is 42.8 Å². The zero-order chi connectivity index (χ0) is 27.9. The average Bonchev–Trinajstić information content (AvgIpc) is 3.39. The summed E-state index contributed by atoms with van der Waals surface area (Å²) < 4.78 is 22.7. The molecule has 0 saturated heterocycles. The van der Waals surface area contributed by atoms with E-state index in [4.69, 9.17) is 4.74 Å². The molecule has 0 aliphatic rings. The predicted molar refractivity (Wildman–Crippen MR) is 150 cm³/mol. The Bertz CT molecular complexity index is 1620. The molecule has 8 nitrogen and oxygen atoms in total. The van der Waals surface area contributed by atoms with Crippen LogP contribution >= 0.6 is 0 Å². The van der Waals surface area contributed by atoms with Crippen LogP contribution in [0.4, 0.5) is 10.1 Å². The highest BCUT2D eigenvalue weighted by Crippen LogP contribution is 2.35. The van der Waals surface area contributed by atoms with Crippen molar-refractivity contribution in [2.45, 2.75) is 26.1 Å². The minimum absolute atomic E-state index is 0.0388. The van der Waals surface area contributed by atoms with Crippen LogP contribution in [0, 0.1) is 5.82 Å². The number of fused-ring (bicyclic) bond motifs is 1. The lowest BCUT2D eigenvalue weighted by molar-refractivity contribution is -0.127. The van der Waals surface area contributed by atoms with Gasteiger partial charge in [0.1, 0.15) is 29.7 Å². The Morgan fingerprint density at radius 2 is 1.62 bits per heavy atom. The van der Waals surface area contributed by atoms with Crippen LogP contribution in [0.3, 0.4) is 0 Å². The summed E-state index contributed by atoms with van der Waals surface area (Å²) in [7, 11) is 0. The number of nitrogens with zero attached hydrogens (tertiary/aromatic N) is 4. The first kappa shape index (κ1) is 26.6. The van der Waals surface area contributed by atoms with Gasteiger partial charge in [-0.1, -0.05) is 78.0 Å². The van der Waals surface area contributed by atoms with Gasteiger partial charge in [-0.3, -0.25) is 14.5 Å². The minimum atomic E-state index is -1.24. The van der Waals surface area contributed by atoms with Crippen molar-refractivity contribution < 1.29 is 18.7 Å². The number of benzene rings is 4. The Labute approximate surface area is 231 Å². The predicted octanol–water partition coefficient (Wildman–Crippen LogP) is 5.06. The van der Waals surface area contributed by atoms with Crippen LogP contribution in [-0.2, 0) is 22.7 Å². The molecule has 1 atom stereocenters. The number of nitrogens with one attached hydrogen (secondary N) is 1. The zero-order valence-corrected chi connectivity index (χ0v) is 21.9. The molecule has 0 bridgehead atoms. The molecule has 9 heteroatoms. The van der Waals surface area contributed by atoms with E-state index in [0.717, 1.165) is 5.56 Å². The summed E-state index contributed by atoms with van der Waals surface area (Å²) in [6.07, 6.45) is 0. The Morgan fingerprint density at radius 3 is 2.42 bits per heavy atom. The van der Waals surface area contributed by atoms with Crippen molar-refractivity contribution in [3.8, 4) is 5.75 Å². The normalized spacial score (nSPS) is 11.7. The molecule has 5 aromatic rings. The third-order valence-electron chi connectivity index (χ3n) is 6.42. The first-order valence-corrected chi connectivity index (χ1v) is 12.9. The summed E-state index contributed by atoms with van der Waals surface area (Å²) in [5, 5.41) is 11.2. The smallest absolute Gasteiger partial charge is 0.249 e. The number of para-hydroxylation sites is 3. The van der Waals surface area contributed by atoms with E-state index in [-0.39, 0.29) is 18.8 Å². The van der Waals surface area contributed by atoms with Crippen LogP contribution in [0.2, 0.25) is 0 Å². The molecule has 1 heterocycles. The Hall–Kier alpha value is -5.05. The standard InChI is InChI=1S/C31H28FN5O3/c1-2-40-28-19-11-6-14-23(28)30(31(39)33-20-22-12-4-3-5-13-22)37(26-17-9-7-15-24(26)32)29(38)21-36-27-18-10-8-16-25(27)34-35-36/h3-19,30H,2,20-21H2,1H3,(H,33,39)/t30-/m1/s1. The lowest BCUT2D eigenvalue weighted by Gasteiger charge is -2.32. The van der Waals surface area contributed by atoms with Crippen LogP contribution in [-0.4, -0.2) is 33.4 Å². The molecule has 2 amide bonds. The molecule has 1 aromatic heterocycles. The van der Waals surface area contributed by atoms with Crippen molar-refractivity contribution in [3.63, 3.8) is 0 Å². The fourth-order valence-electron chi connectivity index (χ4n) is 4.58. The second-order valence-electron chi connectivity index (χ2n) is 9.03. The second kappa shape index (κ2) is 12.2. The Morgan fingerprint density at radius 1 is 0.925 bits per heavy atom. The molecule has 4 aromatic carbocycles. The molecular weight excluding hydrogens is 509 g/mol. The number of carbonyl (C=O) groups excluding carboxylic acids is 2. The van der Waals surface area contributed by atoms with Gasteiger partial charge in [-0.15, -0.1) is 5.10 Å². The molecule has 0 unspecified atom stereocenters. The number of hydrogen-bond acceptors (Lipinski definition) is 5. The second-order valence-corrected chi connectivity index (χ2v) is 9.03. The van der Waals surface area contributed by atoms with E-state index in [1.54, 1.807) is 42.5 Å². The van der Waals surface area contributed by atoms with Gasteiger partial charge in [-0.2, -0.15) is 0 Å². The van der Waals surface area contributed by atoms with Gasteiger partial charge in [0.15, 0.2) is 0 Å². The molecule has 0 aliphatic heterocycles. The summed E-state index contributed by atoms with van der Waals surface area (Å²) in [5.74, 6) is -1.26. The van der Waals surface area contributed by atoms with Crippen LogP contribution in [0.5, 0.6) is 5.75 Å². The van der Waals surface area contributed by atoms with Gasteiger partial charge < -0.3 is 10.1 Å². The van der Waals surface area contributed by atoms with Gasteiger partial charge >= 0.3 is 0 Å². The maximum Gasteiger partial charge on any atom is 0.249 e. The molecule has 0 radical (unpaired) electrons. The highest BCUT2D eigenvalue weighted by atomic mass is 19.1. The van der Waals surface area contributed by atoms with E-state index >= 15 is 4.39 Å². The van der Waals surface area contributed by atoms with E-state index in [9.17, 15) is 9.59 Å². The van der Waals surface area contributed by atoms with Crippen molar-refractivity contribution in [1.29, 1.82) is 0 Å². The van der Waals surface area contributed by atoms with E-state index in [2.05, 4.69) is 15.6 Å². The highest BCUT2D eigenvalue weighted by molar-refractivity contribution is 6.02. The lowest BCUT2D eigenvalue weighted by atomic mass is 10.0. The number of hydrogen-bond donors (Lipinski definition) is 1. The van der Waals surface area contributed by atoms with Gasteiger partial charge in [0.05, 0.1) is 17.8 Å². The maximum absolute atomic E-state index is 15.4. The van der Waals surface area contributed by atoms with Crippen LogP contribution in [0.15, 0.2) is 103 Å². The van der Waals surface area contributed by atoms with Crippen molar-refractivity contribution in [1.82, 2.24) is 20.3 Å². The third-order valence-corrected chi connectivity index (χ3v) is 6.42. The summed E-state index contributed by atoms with van der Waals surface area (Å²) in [6, 6.07) is 28.3. The van der Waals surface area contributed by atoms with E-state index in [0.29, 0.717) is 29.0 Å². The topological polar surface area (TPSA) is 89.4 Å². The van der Waals surface area contributed by atoms with Gasteiger partial charge in [0, 0.05) is 12.1 Å². The lowest BCUT2D eigenvalue weighted by Crippen LogP contribution is -2.45. The molecule has 0 saturated carbocycles. The number of amides is 2. The summed E-state index contributed by atoms with van der Waals surface area (Å²) in [4.78, 5) is 29.3. The monoisotopic (exact) mass is 537 g/mol. The van der Waals surface area contributed by atoms with Gasteiger partial charge in [0.2, 0.25) is 11.8 Å². The number of carbonyl (C=O) groups is 2. The first-order chi connectivity index (χ1) is 19.6. The fourth-order valence-corrected chi connectivity index (χ4v) is 4.58. The van der Waals surface area contributed by atoms with E-state index < -0.39 is 23.7 Å². The highest BCUT2D eigenvalue weighted by Gasteiger charge is 2.36. The van der Waals surface area contributed by atoms with Crippen LogP contribution in [0.25, 0.3) is 11.0 Å². The average molecular weight is 538 g/mol. The first-order valence-electron chi connectivity index (χ1n) is 12.9. The Kier molecular flexibility index (Phi) is 8.10. The van der Waals surface area contributed by atoms with Crippen molar-refractivity contribution in [2.24, 2.45) is 0 Å². The van der Waals surface area contributed by atoms with Crippen LogP contribution < -0.4 is 15.0 Å². The fraction of sp³-hybridized carbons (Fsp3) is 0.161. The number of halogens is 1. The molecule has 0 fully saturated rings. The molecule has 5 rings (SSSR count). The van der Waals surface area contributed by atoms with E-state index in [1.807, 2.05) is 49.4 Å². The maximum atomic E-state index is 15.4. The molecule has 0 aliphatic carbocycles. The van der Waals surface area contributed by atoms with Gasteiger partial charge in [-0.25, -0.2) is 9.07 Å². The van der Waals surface area contributed by atoms with Crippen molar-refractivity contribution in [2.75, 3.05) is 11.5 Å². The summed E-state index contributed by atoms with van der Waals surface area (Å²) in [5.41, 5.74) is 2.53. The number of aromatic nitrogens is 3. The largest absolute Gasteiger partial charge is 0.493 e. The van der Waals surface area contributed by atoms with Gasteiger partial charge in [0.25, 0.3) is 0 Å². The number of ether oxygens (including phenoxy) is 1. The van der Waals surface area contributed by atoms with Crippen LogP contribution in [0.1, 0.15) is 24.1 Å². The minimum Gasteiger partial charge on any atom is -0.493 e. The summed E-state index contributed by atoms with van der Waals surface area (Å²) >= 11 is 0. The summed E-state index contributed by atoms with van der Waals surface area (Å²) in [6.45, 7) is 2.12.